The maximum absolute atomic E-state index is 14.9. The van der Waals surface area contributed by atoms with E-state index in [0.29, 0.717) is 22.2 Å². The summed E-state index contributed by atoms with van der Waals surface area (Å²) in [5.74, 6) is -1.42. The van der Waals surface area contributed by atoms with Crippen molar-refractivity contribution in [3.63, 3.8) is 0 Å². The number of fused-ring (bicyclic) bond motifs is 1. The lowest BCUT2D eigenvalue weighted by Crippen LogP contribution is -2.14. The molecule has 2 N–H and O–H groups in total. The summed E-state index contributed by atoms with van der Waals surface area (Å²) in [5.41, 5.74) is 2.62. The average molecular weight is 375 g/mol. The predicted molar refractivity (Wildman–Crippen MR) is 98.6 cm³/mol. The minimum Gasteiger partial charge on any atom is -0.345 e. The van der Waals surface area contributed by atoms with Crippen LogP contribution in [0.1, 0.15) is 32.6 Å². The molecular formula is C18H18FN3O3S. The van der Waals surface area contributed by atoms with Gasteiger partial charge in [0.1, 0.15) is 5.65 Å². The molecule has 0 bridgehead atoms. The van der Waals surface area contributed by atoms with Crippen LogP contribution in [0.15, 0.2) is 24.5 Å². The summed E-state index contributed by atoms with van der Waals surface area (Å²) in [6.45, 7) is 5.35. The molecule has 136 valence electrons. The molecule has 2 aromatic heterocycles. The number of sulfonamides is 1. The van der Waals surface area contributed by atoms with Crippen LogP contribution in [0, 0.1) is 26.6 Å². The van der Waals surface area contributed by atoms with Crippen LogP contribution < -0.4 is 4.72 Å². The molecule has 26 heavy (non-hydrogen) atoms. The smallest absolute Gasteiger partial charge is 0.229 e. The van der Waals surface area contributed by atoms with E-state index in [9.17, 15) is 17.6 Å². The lowest BCUT2D eigenvalue weighted by molar-refractivity contribution is 0.103. The van der Waals surface area contributed by atoms with Crippen molar-refractivity contribution in [2.45, 2.75) is 20.8 Å². The number of aromatic amines is 1. The van der Waals surface area contributed by atoms with Crippen molar-refractivity contribution < 1.29 is 17.6 Å². The van der Waals surface area contributed by atoms with Crippen molar-refractivity contribution >= 4 is 32.5 Å². The van der Waals surface area contributed by atoms with Crippen molar-refractivity contribution in [2.24, 2.45) is 0 Å². The topological polar surface area (TPSA) is 91.9 Å². The van der Waals surface area contributed by atoms with Crippen molar-refractivity contribution in [1.29, 1.82) is 0 Å². The molecule has 0 aliphatic rings. The summed E-state index contributed by atoms with van der Waals surface area (Å²) in [6.07, 6.45) is 4.12. The van der Waals surface area contributed by atoms with Gasteiger partial charge >= 0.3 is 0 Å². The Hall–Kier alpha value is -2.74. The Balaban J connectivity index is 2.20. The minimum atomic E-state index is -3.67. The first-order chi connectivity index (χ1) is 12.1. The fourth-order valence-electron chi connectivity index (χ4n) is 2.89. The van der Waals surface area contributed by atoms with Gasteiger partial charge in [0.2, 0.25) is 10.0 Å². The lowest BCUT2D eigenvalue weighted by atomic mass is 9.96. The van der Waals surface area contributed by atoms with E-state index in [1.165, 1.54) is 18.3 Å². The molecule has 3 aromatic rings. The van der Waals surface area contributed by atoms with Crippen LogP contribution in [0.4, 0.5) is 10.1 Å². The van der Waals surface area contributed by atoms with Gasteiger partial charge in [-0.05, 0) is 43.5 Å². The molecule has 0 radical (unpaired) electrons. The lowest BCUT2D eigenvalue weighted by Gasteiger charge is -2.12. The van der Waals surface area contributed by atoms with Crippen molar-refractivity contribution in [3.8, 4) is 0 Å². The molecule has 0 amide bonds. The molecule has 3 rings (SSSR count). The fraction of sp³-hybridized carbons (Fsp3) is 0.222. The second-order valence-electron chi connectivity index (χ2n) is 6.31. The zero-order chi connectivity index (χ0) is 19.2. The van der Waals surface area contributed by atoms with E-state index in [4.69, 9.17) is 0 Å². The number of carbonyl (C=O) groups excluding carboxylic acids is 1. The van der Waals surface area contributed by atoms with Gasteiger partial charge in [0.25, 0.3) is 0 Å². The van der Waals surface area contributed by atoms with Crippen molar-refractivity contribution in [2.75, 3.05) is 11.0 Å². The van der Waals surface area contributed by atoms with Crippen LogP contribution in [0.25, 0.3) is 11.0 Å². The van der Waals surface area contributed by atoms with E-state index in [-0.39, 0.29) is 11.3 Å². The largest absolute Gasteiger partial charge is 0.345 e. The number of nitrogens with one attached hydrogen (secondary N) is 2. The second-order valence-corrected chi connectivity index (χ2v) is 8.06. The Morgan fingerprint density at radius 1 is 1.19 bits per heavy atom. The molecule has 0 unspecified atom stereocenters. The highest BCUT2D eigenvalue weighted by Crippen LogP contribution is 2.29. The van der Waals surface area contributed by atoms with Gasteiger partial charge in [0, 0.05) is 23.3 Å². The van der Waals surface area contributed by atoms with E-state index in [1.54, 1.807) is 13.1 Å². The van der Waals surface area contributed by atoms with Crippen LogP contribution in [-0.4, -0.2) is 30.4 Å². The third-order valence-corrected chi connectivity index (χ3v) is 4.92. The Bertz CT molecular complexity index is 1150. The predicted octanol–water partition coefficient (Wildman–Crippen LogP) is 3.23. The van der Waals surface area contributed by atoms with E-state index in [2.05, 4.69) is 14.7 Å². The Morgan fingerprint density at radius 3 is 2.54 bits per heavy atom. The molecule has 0 saturated heterocycles. The highest BCUT2D eigenvalue weighted by Gasteiger charge is 2.24. The first-order valence-corrected chi connectivity index (χ1v) is 9.74. The molecule has 0 spiro atoms. The van der Waals surface area contributed by atoms with Gasteiger partial charge in [0.15, 0.2) is 11.6 Å². The first kappa shape index (κ1) is 18.1. The normalized spacial score (nSPS) is 11.7. The molecule has 6 nitrogen and oxygen atoms in total. The van der Waals surface area contributed by atoms with Gasteiger partial charge in [-0.1, -0.05) is 6.07 Å². The summed E-state index contributed by atoms with van der Waals surface area (Å²) >= 11 is 0. The number of H-pyrrole nitrogens is 1. The number of carbonyl (C=O) groups is 1. The number of halogens is 1. The van der Waals surface area contributed by atoms with Crippen molar-refractivity contribution in [3.05, 3.63) is 58.2 Å². The highest BCUT2D eigenvalue weighted by molar-refractivity contribution is 7.92. The third kappa shape index (κ3) is 3.08. The summed E-state index contributed by atoms with van der Waals surface area (Å²) < 4.78 is 39.9. The first-order valence-electron chi connectivity index (χ1n) is 7.85. The van der Waals surface area contributed by atoms with E-state index >= 15 is 0 Å². The number of aromatic nitrogens is 2. The number of ketones is 1. The van der Waals surface area contributed by atoms with Crippen LogP contribution in [-0.2, 0) is 10.0 Å². The number of anilines is 1. The molecule has 0 fully saturated rings. The van der Waals surface area contributed by atoms with Gasteiger partial charge in [-0.3, -0.25) is 9.52 Å². The number of rotatable bonds is 4. The van der Waals surface area contributed by atoms with Gasteiger partial charge in [-0.2, -0.15) is 0 Å². The van der Waals surface area contributed by atoms with Gasteiger partial charge in [0.05, 0.1) is 17.5 Å². The van der Waals surface area contributed by atoms with Crippen LogP contribution in [0.5, 0.6) is 0 Å². The molecule has 2 heterocycles. The average Bonchev–Trinajstić information content (AvgIpc) is 2.97. The highest BCUT2D eigenvalue weighted by atomic mass is 32.2. The standard InChI is InChI=1S/C18H18FN3O3S/c1-9-5-6-13(22-26(4,24)25)16(19)14(9)17(23)12-8-21-18-15(12)11(3)10(2)7-20-18/h5-8,22H,1-4H3,(H,20,21). The molecule has 8 heteroatoms. The molecule has 1 aromatic carbocycles. The SMILES string of the molecule is Cc1ccc(NS(C)(=O)=O)c(F)c1C(=O)c1c[nH]c2ncc(C)c(C)c12. The zero-order valence-electron chi connectivity index (χ0n) is 14.8. The number of aryl methyl sites for hydroxylation is 3. The summed E-state index contributed by atoms with van der Waals surface area (Å²) in [6, 6.07) is 2.81. The maximum Gasteiger partial charge on any atom is 0.229 e. The van der Waals surface area contributed by atoms with Crippen LogP contribution in [0.3, 0.4) is 0 Å². The van der Waals surface area contributed by atoms with Gasteiger partial charge in [-0.25, -0.2) is 17.8 Å². The number of nitrogens with zero attached hydrogens (tertiary/aromatic N) is 1. The third-order valence-electron chi connectivity index (χ3n) is 4.33. The monoisotopic (exact) mass is 375 g/mol. The number of hydrogen-bond acceptors (Lipinski definition) is 4. The second kappa shape index (κ2) is 6.21. The Labute approximate surface area is 150 Å². The quantitative estimate of drug-likeness (QED) is 0.685. The minimum absolute atomic E-state index is 0.166. The Kier molecular flexibility index (Phi) is 4.31. The zero-order valence-corrected chi connectivity index (χ0v) is 15.6. The van der Waals surface area contributed by atoms with E-state index < -0.39 is 21.6 Å². The molecule has 0 atom stereocenters. The summed E-state index contributed by atoms with van der Waals surface area (Å²) in [5, 5.41) is 0.635. The molecule has 0 saturated carbocycles. The molecule has 0 aliphatic carbocycles. The molecular weight excluding hydrogens is 357 g/mol. The van der Waals surface area contributed by atoms with Gasteiger partial charge in [-0.15, -0.1) is 0 Å². The van der Waals surface area contributed by atoms with E-state index in [0.717, 1.165) is 17.4 Å². The Morgan fingerprint density at radius 2 is 1.88 bits per heavy atom. The van der Waals surface area contributed by atoms with Crippen LogP contribution in [0.2, 0.25) is 0 Å². The number of pyridine rings is 1. The fourth-order valence-corrected chi connectivity index (χ4v) is 3.45. The molecule has 0 aliphatic heterocycles. The summed E-state index contributed by atoms with van der Waals surface area (Å²) in [4.78, 5) is 20.3. The van der Waals surface area contributed by atoms with Crippen LogP contribution >= 0.6 is 0 Å². The van der Waals surface area contributed by atoms with Gasteiger partial charge < -0.3 is 4.98 Å². The number of benzene rings is 1. The van der Waals surface area contributed by atoms with E-state index in [1.807, 2.05) is 13.8 Å². The number of hydrogen-bond donors (Lipinski definition) is 2. The maximum atomic E-state index is 14.9. The van der Waals surface area contributed by atoms with Crippen molar-refractivity contribution in [1.82, 2.24) is 9.97 Å². The summed E-state index contributed by atoms with van der Waals surface area (Å²) in [7, 11) is -3.67.